The summed E-state index contributed by atoms with van der Waals surface area (Å²) in [5.41, 5.74) is -18.7. The van der Waals surface area contributed by atoms with Crippen LogP contribution in [-0.4, -0.2) is 0 Å². The Bertz CT molecular complexity index is 5550. The molecular weight excluding hydrogens is 739 g/mol. The molecule has 1 spiro atoms. The Morgan fingerprint density at radius 2 is 0.820 bits per heavy atom. The molecule has 0 atom stereocenters. The molecule has 10 aromatic carbocycles. The molecule has 0 aliphatic heterocycles. The second kappa shape index (κ2) is 13.0. The molecule has 0 radical (unpaired) electrons. The zero-order valence-corrected chi connectivity index (χ0v) is 30.4. The van der Waals surface area contributed by atoms with Gasteiger partial charge in [0, 0.05) is 33.2 Å². The van der Waals surface area contributed by atoms with E-state index in [1.54, 1.807) is 0 Å². The molecule has 2 aliphatic carbocycles. The topological polar surface area (TPSA) is 16.4 Å². The lowest BCUT2D eigenvalue weighted by molar-refractivity contribution is 0.672. The van der Waals surface area contributed by atoms with Gasteiger partial charge in [-0.1, -0.05) is 175 Å². The fraction of sp³-hybridized carbons (Fsp3) is 0.0169. The van der Waals surface area contributed by atoms with E-state index in [-0.39, 0.29) is 4.90 Å². The van der Waals surface area contributed by atoms with Crippen LogP contribution in [0.2, 0.25) is 0 Å². The first-order valence-electron chi connectivity index (χ1n) is 36.6. The summed E-state index contributed by atoms with van der Waals surface area (Å²) in [5.74, 6) is 0. The van der Waals surface area contributed by atoms with E-state index in [2.05, 4.69) is 0 Å². The molecule has 1 aromatic heterocycles. The summed E-state index contributed by atoms with van der Waals surface area (Å²) in [4.78, 5) is 0.285. The van der Waals surface area contributed by atoms with Crippen LogP contribution in [0.1, 0.15) is 73.0 Å². The van der Waals surface area contributed by atoms with E-state index in [0.717, 1.165) is 0 Å². The summed E-state index contributed by atoms with van der Waals surface area (Å²) < 4.78 is 351. The number of hydrogen-bond acceptors (Lipinski definition) is 2. The number of furan rings is 1. The van der Waals surface area contributed by atoms with Gasteiger partial charge in [-0.25, -0.2) is 0 Å². The van der Waals surface area contributed by atoms with Crippen molar-refractivity contribution in [1.82, 2.24) is 0 Å². The Labute approximate surface area is 406 Å². The molecule has 284 valence electrons. The van der Waals surface area contributed by atoms with Crippen molar-refractivity contribution in [3.63, 3.8) is 0 Å². The van der Waals surface area contributed by atoms with Gasteiger partial charge in [0.2, 0.25) is 0 Å². The molecule has 0 N–H and O–H groups in total. The molecule has 0 fully saturated rings. The highest BCUT2D eigenvalue weighted by Crippen LogP contribution is 2.63. The second-order valence-electron chi connectivity index (χ2n) is 13.5. The average Bonchev–Trinajstić information content (AvgIpc) is 1.47. The molecular formula is C59H37NO. The molecule has 0 saturated carbocycles. The van der Waals surface area contributed by atoms with Gasteiger partial charge in [-0.15, -0.1) is 0 Å². The first-order valence-corrected chi connectivity index (χ1v) is 18.1. The molecule has 0 unspecified atom stereocenters. The van der Waals surface area contributed by atoms with E-state index >= 15 is 0 Å². The van der Waals surface area contributed by atoms with E-state index in [1.807, 2.05) is 0 Å². The maximum absolute atomic E-state index is 10.8. The van der Waals surface area contributed by atoms with E-state index < -0.39 is 346 Å². The van der Waals surface area contributed by atoms with Crippen molar-refractivity contribution in [3.8, 4) is 44.5 Å². The normalized spacial score (nSPS) is 21.5. The van der Waals surface area contributed by atoms with Crippen LogP contribution in [-0.2, 0) is 5.41 Å². The largest absolute Gasteiger partial charge is 0.455 e. The van der Waals surface area contributed by atoms with Crippen molar-refractivity contribution in [2.45, 2.75) is 5.41 Å². The predicted molar refractivity (Wildman–Crippen MR) is 253 cm³/mol. The zero-order chi connectivity index (χ0) is 72.3. The Hall–Kier alpha value is -7.94. The van der Waals surface area contributed by atoms with Crippen molar-refractivity contribution in [2.24, 2.45) is 0 Å². The van der Waals surface area contributed by atoms with E-state index in [1.165, 1.54) is 0 Å². The standard InChI is InChI=1S/C59H37NO/c1-3-15-38(16-4-1)39-27-29-41(30-28-39)60(42-32-34-57-51(35-42)52-37-50(40-17-5-2-6-18-40)44-19-7-8-23-49(44)58(52)61-57)43-31-33-48-47-22-11-14-26-55(47)59(56(48)36-43)53-24-12-9-20-45(53)46-21-10-13-25-54(46)59/h1-37H/i1D,2D,3D,4D,5D,6D,7D,8D,9D,10D,11D,12D,13D,14D,15D,16D,17D,18D,19D,20D,21D,22D,23D,24D,25D,26D,27D,28D,29D,30D,31D,32D,33D,34D,35D,36D,37D. The fourth-order valence-corrected chi connectivity index (χ4v) is 8.06. The number of rotatable bonds is 5. The summed E-state index contributed by atoms with van der Waals surface area (Å²) in [6.07, 6.45) is 0. The maximum Gasteiger partial charge on any atom is 0.143 e. The van der Waals surface area contributed by atoms with Gasteiger partial charge in [-0.05, 0) is 120 Å². The Kier molecular flexibility index (Phi) is 2.95. The monoisotopic (exact) mass is 813 g/mol. The summed E-state index contributed by atoms with van der Waals surface area (Å²) in [7, 11) is 0. The highest BCUT2D eigenvalue weighted by molar-refractivity contribution is 6.19. The van der Waals surface area contributed by atoms with Crippen LogP contribution in [0.3, 0.4) is 0 Å². The summed E-state index contributed by atoms with van der Waals surface area (Å²) in [6.45, 7) is 0. The van der Waals surface area contributed by atoms with E-state index in [0.29, 0.717) is 0 Å². The lowest BCUT2D eigenvalue weighted by Gasteiger charge is -2.32. The van der Waals surface area contributed by atoms with Crippen molar-refractivity contribution in [1.29, 1.82) is 0 Å². The first kappa shape index (κ1) is 13.8. The Morgan fingerprint density at radius 1 is 0.328 bits per heavy atom. The minimum Gasteiger partial charge on any atom is -0.455 e. The molecule has 0 saturated heterocycles. The van der Waals surface area contributed by atoms with Gasteiger partial charge in [0.25, 0.3) is 0 Å². The van der Waals surface area contributed by atoms with Gasteiger partial charge >= 0.3 is 0 Å². The van der Waals surface area contributed by atoms with Crippen LogP contribution < -0.4 is 4.90 Å². The maximum atomic E-state index is 10.8. The molecule has 0 amide bonds. The Morgan fingerprint density at radius 3 is 1.48 bits per heavy atom. The minimum absolute atomic E-state index is 0.285. The van der Waals surface area contributed by atoms with Crippen LogP contribution in [0.15, 0.2) is 228 Å². The van der Waals surface area contributed by atoms with Crippen molar-refractivity contribution >= 4 is 49.8 Å². The van der Waals surface area contributed by atoms with Gasteiger partial charge < -0.3 is 9.32 Å². The number of anilines is 3. The molecule has 11 aromatic rings. The molecule has 1 heterocycles. The zero-order valence-electron chi connectivity index (χ0n) is 67.4. The van der Waals surface area contributed by atoms with Gasteiger partial charge in [0.05, 0.1) is 56.1 Å². The third-order valence-electron chi connectivity index (χ3n) is 10.5. The number of hydrogen-bond donors (Lipinski definition) is 0. The number of nitrogens with zero attached hydrogens (tertiary/aromatic N) is 1. The van der Waals surface area contributed by atoms with Crippen LogP contribution in [0.5, 0.6) is 0 Å². The fourth-order valence-electron chi connectivity index (χ4n) is 8.06. The van der Waals surface area contributed by atoms with Gasteiger partial charge in [0.1, 0.15) is 11.2 Å². The van der Waals surface area contributed by atoms with Gasteiger partial charge in [-0.2, -0.15) is 0 Å². The van der Waals surface area contributed by atoms with E-state index in [4.69, 9.17) is 29.1 Å². The molecule has 0 bridgehead atoms. The van der Waals surface area contributed by atoms with Crippen molar-refractivity contribution < 1.29 is 55.1 Å². The highest BCUT2D eigenvalue weighted by atomic mass is 16.3. The van der Waals surface area contributed by atoms with Crippen molar-refractivity contribution in [2.75, 3.05) is 4.90 Å². The molecule has 61 heavy (non-hydrogen) atoms. The molecule has 2 aliphatic rings. The second-order valence-corrected chi connectivity index (χ2v) is 13.5. The molecule has 2 nitrogen and oxygen atoms in total. The Balaban J connectivity index is 1.30. The van der Waals surface area contributed by atoms with Crippen LogP contribution in [0.25, 0.3) is 77.2 Å². The average molecular weight is 813 g/mol. The van der Waals surface area contributed by atoms with Gasteiger partial charge in [-0.3, -0.25) is 0 Å². The third kappa shape index (κ3) is 4.85. The summed E-state index contributed by atoms with van der Waals surface area (Å²) >= 11 is 0. The summed E-state index contributed by atoms with van der Waals surface area (Å²) in [6, 6.07) is -40.8. The minimum atomic E-state index is -3.11. The predicted octanol–water partition coefficient (Wildman–Crippen LogP) is 15.9. The lowest BCUT2D eigenvalue weighted by atomic mass is 9.70. The number of fused-ring (bicyclic) bond motifs is 15. The van der Waals surface area contributed by atoms with Crippen LogP contribution in [0, 0.1) is 0 Å². The van der Waals surface area contributed by atoms with E-state index in [9.17, 15) is 26.0 Å². The smallest absolute Gasteiger partial charge is 0.143 e. The van der Waals surface area contributed by atoms with Crippen LogP contribution in [0.4, 0.5) is 17.1 Å². The highest BCUT2D eigenvalue weighted by Gasteiger charge is 2.51. The quantitative estimate of drug-likeness (QED) is 0.172. The SMILES string of the molecule is [2H]c1c([2H])c([2H])c(-c2c([2H])c([2H])c(N(c3c([2H])c([2H])c4c(c3[2H])C3(c5c([2H])c([2H])c([2H])c([2H])c5-c5c([2H])c([2H])c([2H])c([2H])c53)c3c([2H])c([2H])c([2H])c([2H])c3-4)c3c([2H])c([2H])c4oc5c6c([2H])c([2H])c([2H])c([2H])c6c(-c6c([2H])c([2H])c([2H])c([2H])c6[2H])c([2H])c5c4c3[2H])c([2H])c2[2H])c([2H])c1[2H]. The summed E-state index contributed by atoms with van der Waals surface area (Å²) in [5, 5.41) is -3.05. The molecule has 13 rings (SSSR count). The number of benzene rings is 10. The molecule has 2 heteroatoms. The van der Waals surface area contributed by atoms with Crippen LogP contribution >= 0.6 is 0 Å². The first-order chi connectivity index (χ1) is 45.7. The third-order valence-corrected chi connectivity index (χ3v) is 10.5. The lowest BCUT2D eigenvalue weighted by Crippen LogP contribution is -2.26. The van der Waals surface area contributed by atoms with Gasteiger partial charge in [0.15, 0.2) is 0 Å². The van der Waals surface area contributed by atoms with Crippen molar-refractivity contribution in [3.05, 3.63) is 246 Å².